The molecule has 142 valence electrons. The number of hydrogen-bond donors (Lipinski definition) is 2. The maximum absolute atomic E-state index is 12.6. The first-order chi connectivity index (χ1) is 12.5. The summed E-state index contributed by atoms with van der Waals surface area (Å²) in [6, 6.07) is 7.19. The van der Waals surface area contributed by atoms with Gasteiger partial charge >= 0.3 is 12.0 Å². The van der Waals surface area contributed by atoms with Crippen LogP contribution in [0.25, 0.3) is 0 Å². The Balaban J connectivity index is 2.41. The Labute approximate surface area is 155 Å². The van der Waals surface area contributed by atoms with Gasteiger partial charge in [-0.05, 0) is 44.9 Å². The number of rotatable bonds is 8. The van der Waals surface area contributed by atoms with Crippen LogP contribution >= 0.6 is 0 Å². The molecule has 2 amide bonds. The Morgan fingerprint density at radius 2 is 1.77 bits per heavy atom. The molecule has 0 saturated carbocycles. The quantitative estimate of drug-likeness (QED) is 0.697. The summed E-state index contributed by atoms with van der Waals surface area (Å²) < 4.78 is 5.25. The van der Waals surface area contributed by atoms with Crippen molar-refractivity contribution in [1.82, 2.24) is 10.6 Å². The Bertz CT molecular complexity index is 663. The van der Waals surface area contributed by atoms with Crippen molar-refractivity contribution in [3.8, 4) is 0 Å². The Hall–Kier alpha value is -2.50. The molecule has 0 aliphatic carbocycles. The lowest BCUT2D eigenvalue weighted by atomic mass is 9.93. The topological polar surface area (TPSA) is 70.7 Å². The van der Waals surface area contributed by atoms with E-state index in [1.54, 1.807) is 6.92 Å². The molecule has 0 bridgehead atoms. The van der Waals surface area contributed by atoms with Crippen LogP contribution in [-0.4, -0.2) is 31.7 Å². The highest BCUT2D eigenvalue weighted by molar-refractivity contribution is 5.95. The van der Waals surface area contributed by atoms with Gasteiger partial charge in [0.15, 0.2) is 0 Å². The summed E-state index contributed by atoms with van der Waals surface area (Å²) in [5.74, 6) is -0.388. The third-order valence-electron chi connectivity index (χ3n) is 4.50. The predicted octanol–water partition coefficient (Wildman–Crippen LogP) is 3.50. The summed E-state index contributed by atoms with van der Waals surface area (Å²) >= 11 is 0. The molecule has 1 aromatic rings. The number of nitrogens with zero attached hydrogens (tertiary/aromatic N) is 1. The Morgan fingerprint density at radius 3 is 2.31 bits per heavy atom. The first kappa shape index (κ1) is 19.8. The highest BCUT2D eigenvalue weighted by Gasteiger charge is 2.33. The van der Waals surface area contributed by atoms with E-state index in [9.17, 15) is 9.59 Å². The number of ether oxygens (including phenoxy) is 1. The average Bonchev–Trinajstić information content (AvgIpc) is 2.63. The molecule has 0 saturated heterocycles. The number of esters is 1. The van der Waals surface area contributed by atoms with Gasteiger partial charge < -0.3 is 20.3 Å². The molecule has 2 rings (SSSR count). The van der Waals surface area contributed by atoms with Crippen molar-refractivity contribution < 1.29 is 14.3 Å². The number of nitrogens with one attached hydrogen (secondary N) is 2. The van der Waals surface area contributed by atoms with Crippen molar-refractivity contribution in [2.24, 2.45) is 0 Å². The minimum atomic E-state index is -0.505. The number of anilines is 1. The largest absolute Gasteiger partial charge is 0.463 e. The van der Waals surface area contributed by atoms with E-state index in [1.165, 1.54) is 0 Å². The van der Waals surface area contributed by atoms with Gasteiger partial charge in [0.1, 0.15) is 0 Å². The van der Waals surface area contributed by atoms with Gasteiger partial charge in [-0.25, -0.2) is 9.59 Å². The summed E-state index contributed by atoms with van der Waals surface area (Å²) in [6.45, 7) is 10.2. The van der Waals surface area contributed by atoms with Crippen molar-refractivity contribution >= 4 is 17.7 Å². The van der Waals surface area contributed by atoms with Crippen LogP contribution in [0.2, 0.25) is 0 Å². The van der Waals surface area contributed by atoms with Gasteiger partial charge in [0.25, 0.3) is 0 Å². The Morgan fingerprint density at radius 1 is 1.12 bits per heavy atom. The van der Waals surface area contributed by atoms with E-state index >= 15 is 0 Å². The standard InChI is InChI=1S/C20H29N3O3/c1-5-9-16-17(19(24)26-8-4)18(22-20(25)21-16)14-10-12-15(13-11-14)23(6-2)7-3/h10-13,18H,5-9H2,1-4H3,(H2,21,22,25). The van der Waals surface area contributed by atoms with Gasteiger partial charge in [-0.2, -0.15) is 0 Å². The van der Waals surface area contributed by atoms with Gasteiger partial charge in [0, 0.05) is 24.5 Å². The summed E-state index contributed by atoms with van der Waals surface area (Å²) in [5, 5.41) is 5.64. The fourth-order valence-corrected chi connectivity index (χ4v) is 3.23. The number of hydrogen-bond acceptors (Lipinski definition) is 4. The number of urea groups is 1. The van der Waals surface area contributed by atoms with Crippen molar-refractivity contribution in [1.29, 1.82) is 0 Å². The lowest BCUT2D eigenvalue weighted by molar-refractivity contribution is -0.139. The molecule has 6 nitrogen and oxygen atoms in total. The molecular formula is C20H29N3O3. The number of carbonyl (C=O) groups excluding carboxylic acids is 2. The molecule has 0 radical (unpaired) electrons. The maximum atomic E-state index is 12.6. The first-order valence-electron chi connectivity index (χ1n) is 9.38. The summed E-state index contributed by atoms with van der Waals surface area (Å²) in [7, 11) is 0. The number of allylic oxidation sites excluding steroid dienone is 1. The number of carbonyl (C=O) groups is 2. The van der Waals surface area contributed by atoms with E-state index in [2.05, 4.69) is 29.4 Å². The van der Waals surface area contributed by atoms with Crippen molar-refractivity contribution in [3.63, 3.8) is 0 Å². The molecule has 1 atom stereocenters. The molecule has 1 heterocycles. The van der Waals surface area contributed by atoms with Crippen LogP contribution in [0.4, 0.5) is 10.5 Å². The van der Waals surface area contributed by atoms with E-state index in [0.29, 0.717) is 24.3 Å². The van der Waals surface area contributed by atoms with Crippen molar-refractivity contribution in [2.75, 3.05) is 24.6 Å². The highest BCUT2D eigenvalue weighted by Crippen LogP contribution is 2.30. The summed E-state index contributed by atoms with van der Waals surface area (Å²) in [5.41, 5.74) is 3.12. The van der Waals surface area contributed by atoms with Gasteiger partial charge in [0.2, 0.25) is 0 Å². The lowest BCUT2D eigenvalue weighted by Crippen LogP contribution is -2.46. The Kier molecular flexibility index (Phi) is 7.06. The smallest absolute Gasteiger partial charge is 0.338 e. The van der Waals surface area contributed by atoms with Gasteiger partial charge in [0.05, 0.1) is 18.2 Å². The van der Waals surface area contributed by atoms with E-state index in [4.69, 9.17) is 4.74 Å². The van der Waals surface area contributed by atoms with E-state index in [-0.39, 0.29) is 12.0 Å². The fourth-order valence-electron chi connectivity index (χ4n) is 3.23. The first-order valence-corrected chi connectivity index (χ1v) is 9.38. The van der Waals surface area contributed by atoms with Gasteiger partial charge in [-0.3, -0.25) is 0 Å². The maximum Gasteiger partial charge on any atom is 0.338 e. The second kappa shape index (κ2) is 9.27. The van der Waals surface area contributed by atoms with Crippen LogP contribution in [0.3, 0.4) is 0 Å². The van der Waals surface area contributed by atoms with E-state index < -0.39 is 6.04 Å². The number of benzene rings is 1. The van der Waals surface area contributed by atoms with E-state index in [1.807, 2.05) is 31.2 Å². The fraction of sp³-hybridized carbons (Fsp3) is 0.500. The van der Waals surface area contributed by atoms with Gasteiger partial charge in [-0.1, -0.05) is 25.5 Å². The lowest BCUT2D eigenvalue weighted by Gasteiger charge is -2.30. The molecule has 26 heavy (non-hydrogen) atoms. The van der Waals surface area contributed by atoms with Crippen LogP contribution in [-0.2, 0) is 9.53 Å². The molecule has 1 unspecified atom stereocenters. The third kappa shape index (κ3) is 4.36. The summed E-state index contributed by atoms with van der Waals surface area (Å²) in [4.78, 5) is 26.9. The molecule has 0 fully saturated rings. The molecule has 1 aliphatic rings. The molecule has 1 aromatic carbocycles. The van der Waals surface area contributed by atoms with Crippen LogP contribution in [0.1, 0.15) is 52.1 Å². The normalized spacial score (nSPS) is 16.8. The second-order valence-electron chi connectivity index (χ2n) is 6.16. The molecule has 0 spiro atoms. The molecule has 6 heteroatoms. The van der Waals surface area contributed by atoms with Crippen LogP contribution < -0.4 is 15.5 Å². The summed E-state index contributed by atoms with van der Waals surface area (Å²) in [6.07, 6.45) is 1.45. The molecule has 1 aliphatic heterocycles. The van der Waals surface area contributed by atoms with Crippen LogP contribution in [0.5, 0.6) is 0 Å². The minimum absolute atomic E-state index is 0.292. The zero-order valence-corrected chi connectivity index (χ0v) is 16.1. The minimum Gasteiger partial charge on any atom is -0.463 e. The monoisotopic (exact) mass is 359 g/mol. The zero-order chi connectivity index (χ0) is 19.1. The SMILES string of the molecule is CCCC1=C(C(=O)OCC)C(c2ccc(N(CC)CC)cc2)NC(=O)N1. The highest BCUT2D eigenvalue weighted by atomic mass is 16.5. The van der Waals surface area contributed by atoms with Crippen molar-refractivity contribution in [2.45, 2.75) is 46.6 Å². The van der Waals surface area contributed by atoms with Crippen molar-refractivity contribution in [3.05, 3.63) is 41.1 Å². The zero-order valence-electron chi connectivity index (χ0n) is 16.1. The van der Waals surface area contributed by atoms with Crippen LogP contribution in [0, 0.1) is 0 Å². The molecule has 2 N–H and O–H groups in total. The molecule has 0 aromatic heterocycles. The predicted molar refractivity (Wildman–Crippen MR) is 103 cm³/mol. The van der Waals surface area contributed by atoms with E-state index in [0.717, 1.165) is 30.8 Å². The molecular weight excluding hydrogens is 330 g/mol. The van der Waals surface area contributed by atoms with Crippen LogP contribution in [0.15, 0.2) is 35.5 Å². The van der Waals surface area contributed by atoms with Gasteiger partial charge in [-0.15, -0.1) is 0 Å². The second-order valence-corrected chi connectivity index (χ2v) is 6.16. The third-order valence-corrected chi connectivity index (χ3v) is 4.50. The number of amides is 2. The average molecular weight is 359 g/mol.